The highest BCUT2D eigenvalue weighted by Gasteiger charge is 2.46. The van der Waals surface area contributed by atoms with Gasteiger partial charge in [-0.05, 0) is 69.8 Å². The first-order valence-electron chi connectivity index (χ1n) is 17.5. The van der Waals surface area contributed by atoms with E-state index in [0.29, 0.717) is 11.5 Å². The zero-order valence-electron chi connectivity index (χ0n) is 28.1. The molecule has 9 aromatic rings. The molecule has 0 amide bonds. The summed E-state index contributed by atoms with van der Waals surface area (Å²) < 4.78 is 2.19. The van der Waals surface area contributed by atoms with Gasteiger partial charge in [0.2, 0.25) is 5.95 Å². The Balaban J connectivity index is 1.27. The number of benzene rings is 7. The van der Waals surface area contributed by atoms with Crippen molar-refractivity contribution in [2.45, 2.75) is 5.41 Å². The summed E-state index contributed by atoms with van der Waals surface area (Å²) in [6.07, 6.45) is 0. The van der Waals surface area contributed by atoms with Crippen LogP contribution in [0, 0.1) is 11.3 Å². The van der Waals surface area contributed by atoms with Crippen LogP contribution in [0.25, 0.3) is 61.4 Å². The number of nitrogens with zero attached hydrogens (tertiary/aromatic N) is 4. The molecule has 0 radical (unpaired) electrons. The third-order valence-corrected chi connectivity index (χ3v) is 10.5. The van der Waals surface area contributed by atoms with Crippen LogP contribution in [0.2, 0.25) is 0 Å². The summed E-state index contributed by atoms with van der Waals surface area (Å²) in [4.78, 5) is 10.6. The van der Waals surface area contributed by atoms with Crippen LogP contribution in [0.3, 0.4) is 0 Å². The van der Waals surface area contributed by atoms with Crippen LogP contribution >= 0.6 is 0 Å². The highest BCUT2D eigenvalue weighted by Crippen LogP contribution is 2.57. The quantitative estimate of drug-likeness (QED) is 0.184. The van der Waals surface area contributed by atoms with Gasteiger partial charge in [-0.1, -0.05) is 146 Å². The van der Waals surface area contributed by atoms with Crippen molar-refractivity contribution >= 4 is 21.8 Å². The van der Waals surface area contributed by atoms with Gasteiger partial charge in [0.05, 0.1) is 39.5 Å². The SMILES string of the molecule is N#Cc1ccc2c(c1)C(c1ccccc1)(c1ccccc1)c1cc(-c3cc(-c4ccccc4)nc(-n4c5ccccc5c5ccccc54)n3)ccc1-2. The van der Waals surface area contributed by atoms with Crippen LogP contribution in [0.15, 0.2) is 182 Å². The van der Waals surface area contributed by atoms with E-state index in [2.05, 4.69) is 168 Å². The van der Waals surface area contributed by atoms with Crippen LogP contribution in [0.4, 0.5) is 0 Å². The maximum atomic E-state index is 10.1. The summed E-state index contributed by atoms with van der Waals surface area (Å²) >= 11 is 0. The molecule has 0 fully saturated rings. The predicted molar refractivity (Wildman–Crippen MR) is 209 cm³/mol. The van der Waals surface area contributed by atoms with E-state index in [1.165, 1.54) is 0 Å². The monoisotopic (exact) mass is 662 g/mol. The molecule has 0 saturated heterocycles. The van der Waals surface area contributed by atoms with Crippen LogP contribution in [-0.4, -0.2) is 14.5 Å². The lowest BCUT2D eigenvalue weighted by molar-refractivity contribution is 0.768. The Morgan fingerprint density at radius 3 is 1.56 bits per heavy atom. The molecular weight excluding hydrogens is 633 g/mol. The Hall–Kier alpha value is -7.09. The van der Waals surface area contributed by atoms with Crippen molar-refractivity contribution in [3.8, 4) is 45.7 Å². The molecule has 0 aliphatic heterocycles. The van der Waals surface area contributed by atoms with Crippen LogP contribution in [0.1, 0.15) is 27.8 Å². The molecule has 2 aromatic heterocycles. The molecule has 0 bridgehead atoms. The lowest BCUT2D eigenvalue weighted by Crippen LogP contribution is -2.28. The summed E-state index contributed by atoms with van der Waals surface area (Å²) in [6.45, 7) is 0. The van der Waals surface area contributed by atoms with Crippen molar-refractivity contribution in [1.82, 2.24) is 14.5 Å². The van der Waals surface area contributed by atoms with Crippen molar-refractivity contribution in [3.63, 3.8) is 0 Å². The Bertz CT molecular complexity index is 2760. The van der Waals surface area contributed by atoms with Crippen molar-refractivity contribution < 1.29 is 0 Å². The fourth-order valence-corrected chi connectivity index (χ4v) is 8.29. The van der Waals surface area contributed by atoms with Crippen molar-refractivity contribution in [2.24, 2.45) is 0 Å². The Kier molecular flexibility index (Phi) is 6.74. The van der Waals surface area contributed by atoms with Gasteiger partial charge in [0.1, 0.15) is 0 Å². The maximum Gasteiger partial charge on any atom is 0.235 e. The summed E-state index contributed by atoms with van der Waals surface area (Å²) in [5.74, 6) is 0.619. The number of rotatable bonds is 5. The van der Waals surface area contributed by atoms with Gasteiger partial charge in [-0.15, -0.1) is 0 Å². The standard InChI is InChI=1S/C48H30N4/c49-31-32-24-26-37-38-27-25-34(29-42(38)48(41(37)28-32,35-16-6-2-7-17-35)36-18-8-3-9-19-36)44-30-43(33-14-4-1-5-15-33)50-47(51-44)52-45-22-12-10-20-39(45)40-21-11-13-23-46(40)52/h1-30H. The Morgan fingerprint density at radius 2 is 0.962 bits per heavy atom. The highest BCUT2D eigenvalue weighted by atomic mass is 15.2. The van der Waals surface area contributed by atoms with E-state index in [4.69, 9.17) is 9.97 Å². The van der Waals surface area contributed by atoms with Gasteiger partial charge in [0.25, 0.3) is 0 Å². The minimum absolute atomic E-state index is 0.619. The third-order valence-electron chi connectivity index (χ3n) is 10.5. The van der Waals surface area contributed by atoms with E-state index in [0.717, 1.165) is 77.7 Å². The summed E-state index contributed by atoms with van der Waals surface area (Å²) in [6, 6.07) is 66.0. The number of para-hydroxylation sites is 2. The average Bonchev–Trinajstić information content (AvgIpc) is 3.72. The summed E-state index contributed by atoms with van der Waals surface area (Å²) in [7, 11) is 0. The highest BCUT2D eigenvalue weighted by molar-refractivity contribution is 6.09. The molecule has 52 heavy (non-hydrogen) atoms. The molecule has 4 nitrogen and oxygen atoms in total. The molecule has 0 saturated carbocycles. The zero-order valence-corrected chi connectivity index (χ0v) is 28.1. The van der Waals surface area contributed by atoms with Crippen molar-refractivity contribution in [1.29, 1.82) is 5.26 Å². The molecular formula is C48H30N4. The first-order chi connectivity index (χ1) is 25.7. The molecule has 1 aliphatic rings. The van der Waals surface area contributed by atoms with E-state index >= 15 is 0 Å². The number of fused-ring (bicyclic) bond motifs is 6. The summed E-state index contributed by atoms with van der Waals surface area (Å²) in [5, 5.41) is 12.4. The smallest absolute Gasteiger partial charge is 0.235 e. The molecule has 1 aliphatic carbocycles. The molecule has 7 aromatic carbocycles. The molecule has 242 valence electrons. The fourth-order valence-electron chi connectivity index (χ4n) is 8.29. The zero-order chi connectivity index (χ0) is 34.6. The molecule has 0 unspecified atom stereocenters. The normalized spacial score (nSPS) is 12.8. The van der Waals surface area contributed by atoms with Gasteiger partial charge in [-0.2, -0.15) is 5.26 Å². The third kappa shape index (κ3) is 4.40. The number of hydrogen-bond acceptors (Lipinski definition) is 3. The van der Waals surface area contributed by atoms with Gasteiger partial charge in [0, 0.05) is 21.9 Å². The minimum atomic E-state index is -0.652. The maximum absolute atomic E-state index is 10.1. The number of hydrogen-bond donors (Lipinski definition) is 0. The first-order valence-corrected chi connectivity index (χ1v) is 17.5. The first kappa shape index (κ1) is 29.8. The van der Waals surface area contributed by atoms with Gasteiger partial charge < -0.3 is 0 Å². The van der Waals surface area contributed by atoms with Crippen LogP contribution < -0.4 is 0 Å². The van der Waals surface area contributed by atoms with E-state index < -0.39 is 5.41 Å². The number of aromatic nitrogens is 3. The Labute approximate surface area is 301 Å². The van der Waals surface area contributed by atoms with E-state index in [1.54, 1.807) is 0 Å². The molecule has 4 heteroatoms. The van der Waals surface area contributed by atoms with Gasteiger partial charge >= 0.3 is 0 Å². The van der Waals surface area contributed by atoms with Gasteiger partial charge in [-0.3, -0.25) is 4.57 Å². The van der Waals surface area contributed by atoms with Gasteiger partial charge in [0.15, 0.2) is 0 Å². The molecule has 0 spiro atoms. The van der Waals surface area contributed by atoms with E-state index in [1.807, 2.05) is 24.3 Å². The molecule has 0 N–H and O–H groups in total. The molecule has 2 heterocycles. The van der Waals surface area contributed by atoms with Gasteiger partial charge in [-0.25, -0.2) is 9.97 Å². The fraction of sp³-hybridized carbons (Fsp3) is 0.0208. The van der Waals surface area contributed by atoms with Crippen LogP contribution in [-0.2, 0) is 5.41 Å². The van der Waals surface area contributed by atoms with E-state index in [9.17, 15) is 5.26 Å². The number of nitriles is 1. The second-order valence-corrected chi connectivity index (χ2v) is 13.3. The van der Waals surface area contributed by atoms with E-state index in [-0.39, 0.29) is 0 Å². The predicted octanol–water partition coefficient (Wildman–Crippen LogP) is 11.1. The average molecular weight is 663 g/mol. The second kappa shape index (κ2) is 11.8. The summed E-state index contributed by atoms with van der Waals surface area (Å²) in [5.41, 5.74) is 12.6. The largest absolute Gasteiger partial charge is 0.278 e. The Morgan fingerprint density at radius 1 is 0.462 bits per heavy atom. The van der Waals surface area contributed by atoms with Crippen molar-refractivity contribution in [2.75, 3.05) is 0 Å². The topological polar surface area (TPSA) is 54.5 Å². The molecule has 10 rings (SSSR count). The lowest BCUT2D eigenvalue weighted by atomic mass is 9.67. The van der Waals surface area contributed by atoms with Crippen LogP contribution in [0.5, 0.6) is 0 Å². The minimum Gasteiger partial charge on any atom is -0.278 e. The second-order valence-electron chi connectivity index (χ2n) is 13.3. The lowest BCUT2D eigenvalue weighted by Gasteiger charge is -2.34. The van der Waals surface area contributed by atoms with Crippen molar-refractivity contribution in [3.05, 3.63) is 210 Å². The molecule has 0 atom stereocenters.